The molecular formula is C32H38N2O7S5. The minimum atomic E-state index is -3.86. The molecule has 248 valence electrons. The molecule has 0 N–H and O–H groups in total. The molecule has 0 atom stereocenters. The first-order valence-electron chi connectivity index (χ1n) is 14.8. The summed E-state index contributed by atoms with van der Waals surface area (Å²) in [7, 11) is -7.71. The van der Waals surface area contributed by atoms with Gasteiger partial charge in [-0.1, -0.05) is 35.4 Å². The van der Waals surface area contributed by atoms with Crippen LogP contribution in [0.25, 0.3) is 0 Å². The molecule has 3 heterocycles. The molecule has 2 aromatic heterocycles. The first-order valence-corrected chi connectivity index (χ1v) is 20.6. The van der Waals surface area contributed by atoms with E-state index in [2.05, 4.69) is 0 Å². The minimum Gasteiger partial charge on any atom is -0.492 e. The number of fused-ring (bicyclic) bond motifs is 2. The molecule has 0 spiro atoms. The molecular weight excluding hydrogens is 685 g/mol. The number of nitrogens with zero attached hydrogens (tertiary/aromatic N) is 2. The molecule has 46 heavy (non-hydrogen) atoms. The highest BCUT2D eigenvalue weighted by atomic mass is 32.2. The number of thioether (sulfide) groups is 1. The second-order valence-corrected chi connectivity index (χ2v) is 17.7. The molecule has 0 saturated carbocycles. The molecule has 0 unspecified atom stereocenters. The average molecular weight is 723 g/mol. The van der Waals surface area contributed by atoms with Crippen molar-refractivity contribution in [2.24, 2.45) is 0 Å². The van der Waals surface area contributed by atoms with Gasteiger partial charge in [0.15, 0.2) is 0 Å². The van der Waals surface area contributed by atoms with E-state index in [1.54, 1.807) is 60.3 Å². The average Bonchev–Trinajstić information content (AvgIpc) is 3.68. The fraction of sp³-hybridized carbons (Fsp3) is 0.375. The van der Waals surface area contributed by atoms with Crippen molar-refractivity contribution in [3.8, 4) is 11.5 Å². The molecule has 14 heteroatoms. The van der Waals surface area contributed by atoms with Crippen LogP contribution in [-0.2, 0) is 37.9 Å². The van der Waals surface area contributed by atoms with E-state index in [0.717, 1.165) is 32.4 Å². The van der Waals surface area contributed by atoms with Crippen molar-refractivity contribution in [3.63, 3.8) is 0 Å². The number of hydrogen-bond donors (Lipinski definition) is 0. The number of sulfonamides is 2. The quantitative estimate of drug-likeness (QED) is 0.252. The number of benzene rings is 2. The van der Waals surface area contributed by atoms with Crippen molar-refractivity contribution in [1.82, 2.24) is 8.61 Å². The number of aryl methyl sites for hydroxylation is 2. The van der Waals surface area contributed by atoms with Crippen molar-refractivity contribution in [2.45, 2.75) is 36.7 Å². The molecule has 0 bridgehead atoms. The molecule has 1 aliphatic rings. The van der Waals surface area contributed by atoms with E-state index in [9.17, 15) is 16.8 Å². The summed E-state index contributed by atoms with van der Waals surface area (Å²) in [5, 5.41) is 3.80. The van der Waals surface area contributed by atoms with Gasteiger partial charge in [-0.05, 0) is 61.0 Å². The Kier molecular flexibility index (Phi) is 12.2. The van der Waals surface area contributed by atoms with E-state index in [1.807, 2.05) is 36.7 Å². The Morgan fingerprint density at radius 3 is 1.41 bits per heavy atom. The van der Waals surface area contributed by atoms with Gasteiger partial charge in [-0.3, -0.25) is 0 Å². The highest BCUT2D eigenvalue weighted by Gasteiger charge is 2.28. The lowest BCUT2D eigenvalue weighted by Crippen LogP contribution is -2.35. The zero-order valence-corrected chi connectivity index (χ0v) is 29.9. The highest BCUT2D eigenvalue weighted by molar-refractivity contribution is 7.99. The summed E-state index contributed by atoms with van der Waals surface area (Å²) in [6.07, 6.45) is 0. The van der Waals surface area contributed by atoms with Gasteiger partial charge in [-0.15, -0.1) is 22.7 Å². The Hall–Kier alpha value is -2.43. The summed E-state index contributed by atoms with van der Waals surface area (Å²) in [4.78, 5) is 2.01. The third-order valence-corrected chi connectivity index (χ3v) is 13.7. The smallest absolute Gasteiger partial charge is 0.243 e. The molecule has 0 saturated heterocycles. The predicted molar refractivity (Wildman–Crippen MR) is 185 cm³/mol. The maximum Gasteiger partial charge on any atom is 0.243 e. The van der Waals surface area contributed by atoms with E-state index in [1.165, 1.54) is 31.3 Å². The molecule has 1 aliphatic heterocycles. The number of hydrogen-bond acceptors (Lipinski definition) is 10. The molecule has 4 aromatic rings. The molecule has 0 radical (unpaired) electrons. The van der Waals surface area contributed by atoms with Crippen LogP contribution in [0.15, 0.2) is 81.2 Å². The van der Waals surface area contributed by atoms with E-state index < -0.39 is 20.0 Å². The van der Waals surface area contributed by atoms with Gasteiger partial charge >= 0.3 is 0 Å². The Morgan fingerprint density at radius 1 is 0.587 bits per heavy atom. The molecule has 9 nitrogen and oxygen atoms in total. The van der Waals surface area contributed by atoms with Crippen LogP contribution < -0.4 is 9.47 Å². The molecule has 5 rings (SSSR count). The van der Waals surface area contributed by atoms with Gasteiger partial charge in [0.2, 0.25) is 20.0 Å². The zero-order valence-electron chi connectivity index (χ0n) is 25.8. The van der Waals surface area contributed by atoms with Gasteiger partial charge < -0.3 is 14.2 Å². The van der Waals surface area contributed by atoms with Gasteiger partial charge in [0.1, 0.15) is 11.5 Å². The number of thiophene rings is 2. The fourth-order valence-electron chi connectivity index (χ4n) is 4.71. The maximum absolute atomic E-state index is 13.8. The lowest BCUT2D eigenvalue weighted by Gasteiger charge is -2.24. The molecule has 0 fully saturated rings. The number of rotatable bonds is 4. The van der Waals surface area contributed by atoms with E-state index >= 15 is 0 Å². The van der Waals surface area contributed by atoms with Crippen LogP contribution in [0.4, 0.5) is 0 Å². The lowest BCUT2D eigenvalue weighted by molar-refractivity contribution is 0.111. The van der Waals surface area contributed by atoms with Gasteiger partial charge in [-0.2, -0.15) is 20.4 Å². The monoisotopic (exact) mass is 722 g/mol. The summed E-state index contributed by atoms with van der Waals surface area (Å²) in [5.74, 6) is 2.80. The Labute approximate surface area is 284 Å². The summed E-state index contributed by atoms with van der Waals surface area (Å²) < 4.78 is 76.1. The molecule has 2 aromatic carbocycles. The van der Waals surface area contributed by atoms with Crippen molar-refractivity contribution >= 4 is 54.5 Å². The number of ether oxygens (including phenoxy) is 3. The minimum absolute atomic E-state index is 0.0785. The van der Waals surface area contributed by atoms with Crippen LogP contribution in [0.1, 0.15) is 20.9 Å². The topological polar surface area (TPSA) is 102 Å². The van der Waals surface area contributed by atoms with Crippen molar-refractivity contribution in [2.75, 3.05) is 51.0 Å². The predicted octanol–water partition coefficient (Wildman–Crippen LogP) is 6.03. The maximum atomic E-state index is 13.8. The third kappa shape index (κ3) is 8.92. The van der Waals surface area contributed by atoms with Crippen LogP contribution in [-0.4, -0.2) is 76.5 Å². The van der Waals surface area contributed by atoms with Gasteiger partial charge in [0, 0.05) is 24.6 Å². The summed E-state index contributed by atoms with van der Waals surface area (Å²) in [5.41, 5.74) is 1.93. The fourth-order valence-corrected chi connectivity index (χ4v) is 9.92. The summed E-state index contributed by atoms with van der Waals surface area (Å²) >= 11 is 4.58. The molecule has 0 amide bonds. The van der Waals surface area contributed by atoms with Crippen LogP contribution in [0.3, 0.4) is 0 Å². The first-order chi connectivity index (χ1) is 22.1. The van der Waals surface area contributed by atoms with E-state index in [-0.39, 0.29) is 49.2 Å². The van der Waals surface area contributed by atoms with Crippen molar-refractivity contribution in [1.29, 1.82) is 0 Å². The second-order valence-electron chi connectivity index (χ2n) is 10.6. The third-order valence-electron chi connectivity index (χ3n) is 7.31. The van der Waals surface area contributed by atoms with Gasteiger partial charge in [0.25, 0.3) is 0 Å². The van der Waals surface area contributed by atoms with Gasteiger partial charge in [-0.25, -0.2) is 16.8 Å². The van der Waals surface area contributed by atoms with Crippen LogP contribution >= 0.6 is 34.4 Å². The van der Waals surface area contributed by atoms with Crippen LogP contribution in [0.5, 0.6) is 11.5 Å². The Balaban J connectivity index is 1.38. The second kappa shape index (κ2) is 16.1. The first kappa shape index (κ1) is 34.9. The van der Waals surface area contributed by atoms with Crippen molar-refractivity contribution < 1.29 is 31.0 Å². The molecule has 0 aliphatic carbocycles. The normalized spacial score (nSPS) is 17.3. The SMILES string of the molecule is Cc1ccc(S(=O)(=O)N2CCOCCN(S(=O)(=O)c3ccc(C)cc3)Cc3sccc3OCCSCCOc3ccsc3C2)cc1. The van der Waals surface area contributed by atoms with Gasteiger partial charge in [0.05, 0.1) is 59.1 Å². The van der Waals surface area contributed by atoms with E-state index in [4.69, 9.17) is 14.2 Å². The summed E-state index contributed by atoms with van der Waals surface area (Å²) in [6.45, 7) is 5.33. The lowest BCUT2D eigenvalue weighted by atomic mass is 10.2. The highest BCUT2D eigenvalue weighted by Crippen LogP contribution is 2.31. The Bertz CT molecular complexity index is 1640. The van der Waals surface area contributed by atoms with Crippen molar-refractivity contribution in [3.05, 3.63) is 92.3 Å². The summed E-state index contributed by atoms with van der Waals surface area (Å²) in [6, 6.07) is 17.3. The van der Waals surface area contributed by atoms with E-state index in [0.29, 0.717) is 24.7 Å². The van der Waals surface area contributed by atoms with Crippen LogP contribution in [0.2, 0.25) is 0 Å². The largest absolute Gasteiger partial charge is 0.492 e. The Morgan fingerprint density at radius 2 is 1.00 bits per heavy atom. The standard InChI is InChI=1S/C32H38N2O7S5/c1-25-3-7-27(8-4-25)45(35,36)33-13-15-39-16-14-34(46(37,38)28-9-5-26(2)6-10-28)24-32-30(12-20-44-32)41-18-22-42-21-17-40-29-11-19-43-31(29)23-33/h3-12,19-20H,13-18,21-24H2,1-2H3. The zero-order chi connectivity index (χ0) is 32.6. The van der Waals surface area contributed by atoms with Crippen LogP contribution in [0, 0.1) is 13.8 Å².